The third-order valence-electron chi connectivity index (χ3n) is 4.00. The second kappa shape index (κ2) is 5.88. The van der Waals surface area contributed by atoms with Crippen molar-refractivity contribution in [2.45, 2.75) is 32.9 Å². The van der Waals surface area contributed by atoms with Gasteiger partial charge in [0.05, 0.1) is 5.69 Å². The number of nitrogens with two attached hydrogens (primary N) is 1. The lowest BCUT2D eigenvalue weighted by atomic mass is 10.0. The normalized spacial score (nSPS) is 22.6. The summed E-state index contributed by atoms with van der Waals surface area (Å²) in [6.45, 7) is 10.0. The van der Waals surface area contributed by atoms with Crippen molar-refractivity contribution in [2.24, 2.45) is 5.73 Å². The minimum Gasteiger partial charge on any atom is -0.366 e. The van der Waals surface area contributed by atoms with Crippen molar-refractivity contribution in [2.75, 3.05) is 31.1 Å². The molecule has 1 aromatic carbocycles. The van der Waals surface area contributed by atoms with Gasteiger partial charge in [0.1, 0.15) is 5.82 Å². The molecule has 0 saturated carbocycles. The molecule has 0 aromatic heterocycles. The van der Waals surface area contributed by atoms with Gasteiger partial charge in [0.15, 0.2) is 0 Å². The van der Waals surface area contributed by atoms with Crippen LogP contribution in [0.2, 0.25) is 0 Å². The predicted octanol–water partition coefficient (Wildman–Crippen LogP) is 2.38. The Kier molecular flexibility index (Phi) is 4.42. The summed E-state index contributed by atoms with van der Waals surface area (Å²) < 4.78 is 14.2. The van der Waals surface area contributed by atoms with E-state index in [1.807, 2.05) is 13.0 Å². The molecule has 2 atom stereocenters. The summed E-state index contributed by atoms with van der Waals surface area (Å²) in [6.07, 6.45) is 0. The maximum atomic E-state index is 14.2. The van der Waals surface area contributed by atoms with E-state index in [1.165, 1.54) is 6.07 Å². The van der Waals surface area contributed by atoms with Crippen molar-refractivity contribution >= 4 is 5.69 Å². The van der Waals surface area contributed by atoms with Gasteiger partial charge in [0, 0.05) is 31.7 Å². The first kappa shape index (κ1) is 14.3. The van der Waals surface area contributed by atoms with Crippen molar-refractivity contribution in [3.63, 3.8) is 0 Å². The molecule has 0 aliphatic carbocycles. The van der Waals surface area contributed by atoms with Crippen molar-refractivity contribution in [1.82, 2.24) is 4.90 Å². The molecule has 1 heterocycles. The van der Waals surface area contributed by atoms with E-state index in [1.54, 1.807) is 6.07 Å². The quantitative estimate of drug-likeness (QED) is 0.910. The maximum Gasteiger partial charge on any atom is 0.146 e. The lowest BCUT2D eigenvalue weighted by Gasteiger charge is -2.41. The lowest BCUT2D eigenvalue weighted by Crippen LogP contribution is -2.52. The third kappa shape index (κ3) is 2.90. The minimum absolute atomic E-state index is 0.148. The zero-order valence-electron chi connectivity index (χ0n) is 12.1. The fourth-order valence-electron chi connectivity index (χ4n) is 2.90. The van der Waals surface area contributed by atoms with Gasteiger partial charge in [0.25, 0.3) is 0 Å². The maximum absolute atomic E-state index is 14.2. The summed E-state index contributed by atoms with van der Waals surface area (Å²) in [5.41, 5.74) is 7.57. The van der Waals surface area contributed by atoms with Crippen LogP contribution in [0.4, 0.5) is 10.1 Å². The lowest BCUT2D eigenvalue weighted by molar-refractivity contribution is 0.199. The molecule has 2 N–H and O–H groups in total. The summed E-state index contributed by atoms with van der Waals surface area (Å²) in [4.78, 5) is 4.56. The van der Waals surface area contributed by atoms with Crippen LogP contribution in [-0.4, -0.2) is 37.1 Å². The van der Waals surface area contributed by atoms with Gasteiger partial charge in [-0.1, -0.05) is 19.1 Å². The van der Waals surface area contributed by atoms with Crippen molar-refractivity contribution in [1.29, 1.82) is 0 Å². The van der Waals surface area contributed by atoms with Crippen LogP contribution < -0.4 is 10.6 Å². The van der Waals surface area contributed by atoms with Crippen molar-refractivity contribution < 1.29 is 4.39 Å². The van der Waals surface area contributed by atoms with Gasteiger partial charge >= 0.3 is 0 Å². The predicted molar refractivity (Wildman–Crippen MR) is 77.9 cm³/mol. The second-order valence-corrected chi connectivity index (χ2v) is 5.39. The van der Waals surface area contributed by atoms with E-state index in [4.69, 9.17) is 5.73 Å². The van der Waals surface area contributed by atoms with Crippen LogP contribution in [0.15, 0.2) is 18.2 Å². The van der Waals surface area contributed by atoms with Gasteiger partial charge < -0.3 is 10.6 Å². The van der Waals surface area contributed by atoms with E-state index in [2.05, 4.69) is 23.6 Å². The molecule has 1 aromatic rings. The summed E-state index contributed by atoms with van der Waals surface area (Å²) in [7, 11) is 0. The van der Waals surface area contributed by atoms with Crippen molar-refractivity contribution in [3.05, 3.63) is 29.6 Å². The summed E-state index contributed by atoms with van der Waals surface area (Å²) in [5.74, 6) is -0.160. The number of para-hydroxylation sites is 1. The SMILES string of the molecule is CCN1CCN(c2c(F)cccc2[C@H](C)N)CC1C. The molecule has 0 spiro atoms. The number of hydrogen-bond donors (Lipinski definition) is 1. The van der Waals surface area contributed by atoms with E-state index < -0.39 is 0 Å². The van der Waals surface area contributed by atoms with Crippen LogP contribution in [0.1, 0.15) is 32.4 Å². The standard InChI is InChI=1S/C15H24FN3/c1-4-18-8-9-19(10-11(18)2)15-13(12(3)17)6-5-7-14(15)16/h5-7,11-12H,4,8-10,17H2,1-3H3/t11?,12-/m0/s1. The number of benzene rings is 1. The van der Waals surface area contributed by atoms with E-state index >= 15 is 0 Å². The highest BCUT2D eigenvalue weighted by atomic mass is 19.1. The van der Waals surface area contributed by atoms with E-state index in [9.17, 15) is 4.39 Å². The molecule has 4 heteroatoms. The smallest absolute Gasteiger partial charge is 0.146 e. The highest BCUT2D eigenvalue weighted by Crippen LogP contribution is 2.30. The Morgan fingerprint density at radius 3 is 2.74 bits per heavy atom. The molecule has 1 unspecified atom stereocenters. The first-order valence-corrected chi connectivity index (χ1v) is 7.07. The van der Waals surface area contributed by atoms with E-state index in [0.717, 1.165) is 31.7 Å². The number of likely N-dealkylation sites (N-methyl/N-ethyl adjacent to an activating group) is 1. The van der Waals surface area contributed by atoms with Crippen LogP contribution in [0.5, 0.6) is 0 Å². The van der Waals surface area contributed by atoms with Gasteiger partial charge in [-0.15, -0.1) is 0 Å². The average Bonchev–Trinajstić information content (AvgIpc) is 2.38. The van der Waals surface area contributed by atoms with Gasteiger partial charge in [-0.3, -0.25) is 4.90 Å². The van der Waals surface area contributed by atoms with Crippen LogP contribution in [-0.2, 0) is 0 Å². The fraction of sp³-hybridized carbons (Fsp3) is 0.600. The number of hydrogen-bond acceptors (Lipinski definition) is 3. The largest absolute Gasteiger partial charge is 0.366 e. The Balaban J connectivity index is 2.28. The zero-order valence-corrected chi connectivity index (χ0v) is 12.1. The summed E-state index contributed by atoms with van der Waals surface area (Å²) >= 11 is 0. The van der Waals surface area contributed by atoms with Gasteiger partial charge in [-0.25, -0.2) is 4.39 Å². The van der Waals surface area contributed by atoms with Gasteiger partial charge in [-0.2, -0.15) is 0 Å². The summed E-state index contributed by atoms with van der Waals surface area (Å²) in [6, 6.07) is 5.49. The minimum atomic E-state index is -0.160. The van der Waals surface area contributed by atoms with Crippen molar-refractivity contribution in [3.8, 4) is 0 Å². The van der Waals surface area contributed by atoms with Gasteiger partial charge in [-0.05, 0) is 32.0 Å². The molecule has 1 aliphatic heterocycles. The molecule has 1 fully saturated rings. The molecule has 3 nitrogen and oxygen atoms in total. The first-order valence-electron chi connectivity index (χ1n) is 7.07. The van der Waals surface area contributed by atoms with E-state index in [0.29, 0.717) is 11.7 Å². The topological polar surface area (TPSA) is 32.5 Å². The number of anilines is 1. The molecule has 0 radical (unpaired) electrons. The molecule has 0 amide bonds. The Labute approximate surface area is 115 Å². The molecule has 2 rings (SSSR count). The fourth-order valence-corrected chi connectivity index (χ4v) is 2.90. The first-order chi connectivity index (χ1) is 9.04. The molecule has 0 bridgehead atoms. The Hall–Kier alpha value is -1.13. The molecule has 19 heavy (non-hydrogen) atoms. The van der Waals surface area contributed by atoms with E-state index in [-0.39, 0.29) is 11.9 Å². The number of nitrogens with zero attached hydrogens (tertiary/aromatic N) is 2. The molecule has 106 valence electrons. The Bertz CT molecular complexity index is 433. The monoisotopic (exact) mass is 265 g/mol. The Morgan fingerprint density at radius 1 is 1.42 bits per heavy atom. The molecular weight excluding hydrogens is 241 g/mol. The van der Waals surface area contributed by atoms with Crippen LogP contribution in [0.25, 0.3) is 0 Å². The molecular formula is C15H24FN3. The Morgan fingerprint density at radius 2 is 2.16 bits per heavy atom. The average molecular weight is 265 g/mol. The molecule has 1 saturated heterocycles. The number of halogens is 1. The van der Waals surface area contributed by atoms with Gasteiger partial charge in [0.2, 0.25) is 0 Å². The zero-order chi connectivity index (χ0) is 14.0. The second-order valence-electron chi connectivity index (χ2n) is 5.39. The molecule has 1 aliphatic rings. The highest BCUT2D eigenvalue weighted by molar-refractivity contribution is 5.56. The third-order valence-corrected chi connectivity index (χ3v) is 4.00. The summed E-state index contributed by atoms with van der Waals surface area (Å²) in [5, 5.41) is 0. The van der Waals surface area contributed by atoms with Crippen LogP contribution in [0, 0.1) is 5.82 Å². The van der Waals surface area contributed by atoms with Crippen LogP contribution >= 0.6 is 0 Å². The van der Waals surface area contributed by atoms with Crippen LogP contribution in [0.3, 0.4) is 0 Å². The highest BCUT2D eigenvalue weighted by Gasteiger charge is 2.26. The number of piperazine rings is 1. The number of rotatable bonds is 3.